The van der Waals surface area contributed by atoms with E-state index in [0.29, 0.717) is 0 Å². The summed E-state index contributed by atoms with van der Waals surface area (Å²) in [6, 6.07) is 1.51. The van der Waals surface area contributed by atoms with Crippen molar-refractivity contribution in [3.63, 3.8) is 0 Å². The van der Waals surface area contributed by atoms with E-state index in [1.807, 2.05) is 0 Å². The highest BCUT2D eigenvalue weighted by molar-refractivity contribution is 4.95. The van der Waals surface area contributed by atoms with Crippen molar-refractivity contribution >= 4 is 0 Å². The highest BCUT2D eigenvalue weighted by Gasteiger charge is 2.41. The second kappa shape index (κ2) is 7.43. The third kappa shape index (κ3) is 4.00. The number of hydrogen-bond acceptors (Lipinski definition) is 3. The van der Waals surface area contributed by atoms with E-state index >= 15 is 0 Å². The Morgan fingerprint density at radius 2 is 2.05 bits per heavy atom. The summed E-state index contributed by atoms with van der Waals surface area (Å²) in [5.41, 5.74) is 0.260. The minimum atomic E-state index is 0.260. The Labute approximate surface area is 130 Å². The van der Waals surface area contributed by atoms with Gasteiger partial charge >= 0.3 is 0 Å². The normalized spacial score (nSPS) is 32.3. The lowest BCUT2D eigenvalue weighted by molar-refractivity contribution is -0.102. The van der Waals surface area contributed by atoms with Gasteiger partial charge in [0.15, 0.2) is 0 Å². The van der Waals surface area contributed by atoms with Crippen LogP contribution in [0.1, 0.15) is 71.1 Å². The molecule has 0 aromatic heterocycles. The zero-order chi connectivity index (χ0) is 14.5. The molecular weight excluding hydrogens is 260 g/mol. The van der Waals surface area contributed by atoms with E-state index in [-0.39, 0.29) is 5.60 Å². The van der Waals surface area contributed by atoms with E-state index in [2.05, 4.69) is 17.1 Å². The Morgan fingerprint density at radius 1 is 1.19 bits per heavy atom. The molecule has 2 aliphatic heterocycles. The third-order valence-electron chi connectivity index (χ3n) is 5.91. The number of hydrogen-bond donors (Lipinski definition) is 1. The Bertz CT molecular complexity index is 308. The van der Waals surface area contributed by atoms with Gasteiger partial charge in [-0.05, 0) is 58.0 Å². The van der Waals surface area contributed by atoms with Gasteiger partial charge in [-0.3, -0.25) is 4.90 Å². The Hall–Kier alpha value is -0.120. The van der Waals surface area contributed by atoms with Gasteiger partial charge in [-0.1, -0.05) is 26.2 Å². The average Bonchev–Trinajstić information content (AvgIpc) is 3.16. The van der Waals surface area contributed by atoms with Gasteiger partial charge in [0.25, 0.3) is 0 Å². The van der Waals surface area contributed by atoms with Crippen LogP contribution in [0.3, 0.4) is 0 Å². The van der Waals surface area contributed by atoms with Crippen molar-refractivity contribution in [2.24, 2.45) is 0 Å². The maximum absolute atomic E-state index is 6.24. The summed E-state index contributed by atoms with van der Waals surface area (Å²) >= 11 is 0. The molecule has 2 saturated heterocycles. The van der Waals surface area contributed by atoms with Gasteiger partial charge in [0.2, 0.25) is 0 Å². The van der Waals surface area contributed by atoms with Gasteiger partial charge in [-0.25, -0.2) is 0 Å². The van der Waals surface area contributed by atoms with E-state index < -0.39 is 0 Å². The summed E-state index contributed by atoms with van der Waals surface area (Å²) in [6.07, 6.45) is 13.3. The van der Waals surface area contributed by atoms with Gasteiger partial charge in [0.1, 0.15) is 0 Å². The topological polar surface area (TPSA) is 24.5 Å². The van der Waals surface area contributed by atoms with Crippen LogP contribution in [0.15, 0.2) is 0 Å². The molecule has 2 atom stereocenters. The quantitative estimate of drug-likeness (QED) is 0.813. The van der Waals surface area contributed by atoms with Crippen molar-refractivity contribution in [2.45, 2.75) is 88.8 Å². The fraction of sp³-hybridized carbons (Fsp3) is 1.00. The standard InChI is InChI=1S/C18H34N2O/c1-2-3-12-20(15-16-7-6-11-19-16)17-8-13-21-18(14-17)9-4-5-10-18/h16-17,19H,2-15H2,1H3. The Balaban J connectivity index is 1.60. The number of ether oxygens (including phenoxy) is 1. The lowest BCUT2D eigenvalue weighted by Gasteiger charge is -2.44. The molecule has 3 aliphatic rings. The van der Waals surface area contributed by atoms with Crippen LogP contribution in [0.25, 0.3) is 0 Å². The molecule has 1 N–H and O–H groups in total. The maximum Gasteiger partial charge on any atom is 0.0697 e. The monoisotopic (exact) mass is 294 g/mol. The second-order valence-corrected chi connectivity index (χ2v) is 7.53. The van der Waals surface area contributed by atoms with Crippen molar-refractivity contribution in [3.8, 4) is 0 Å². The molecule has 1 aliphatic carbocycles. The molecule has 1 spiro atoms. The maximum atomic E-state index is 6.24. The highest BCUT2D eigenvalue weighted by Crippen LogP contribution is 2.41. The molecule has 0 amide bonds. The first kappa shape index (κ1) is 15.8. The molecule has 3 nitrogen and oxygen atoms in total. The van der Waals surface area contributed by atoms with Gasteiger partial charge in [-0.15, -0.1) is 0 Å². The lowest BCUT2D eigenvalue weighted by Crippen LogP contribution is -2.50. The summed E-state index contributed by atoms with van der Waals surface area (Å²) in [4.78, 5) is 2.81. The largest absolute Gasteiger partial charge is 0.375 e. The van der Waals surface area contributed by atoms with Crippen LogP contribution in [-0.4, -0.2) is 48.8 Å². The predicted molar refractivity (Wildman–Crippen MR) is 87.7 cm³/mol. The number of nitrogens with zero attached hydrogens (tertiary/aromatic N) is 1. The van der Waals surface area contributed by atoms with Crippen LogP contribution in [0.4, 0.5) is 0 Å². The van der Waals surface area contributed by atoms with Gasteiger partial charge in [-0.2, -0.15) is 0 Å². The van der Waals surface area contributed by atoms with Gasteiger partial charge in [0, 0.05) is 25.2 Å². The van der Waals surface area contributed by atoms with E-state index in [1.54, 1.807) is 0 Å². The first-order chi connectivity index (χ1) is 10.3. The van der Waals surface area contributed by atoms with Crippen LogP contribution in [0.2, 0.25) is 0 Å². The predicted octanol–water partition coefficient (Wildman–Crippen LogP) is 3.33. The van der Waals surface area contributed by atoms with Crippen molar-refractivity contribution in [1.29, 1.82) is 0 Å². The molecule has 1 saturated carbocycles. The van der Waals surface area contributed by atoms with E-state index in [1.165, 1.54) is 83.8 Å². The van der Waals surface area contributed by atoms with Crippen LogP contribution in [0.5, 0.6) is 0 Å². The first-order valence-corrected chi connectivity index (χ1v) is 9.43. The fourth-order valence-corrected chi connectivity index (χ4v) is 4.66. The first-order valence-electron chi connectivity index (χ1n) is 9.43. The number of nitrogens with one attached hydrogen (secondary N) is 1. The summed E-state index contributed by atoms with van der Waals surface area (Å²) in [6.45, 7) is 7.08. The molecule has 3 fully saturated rings. The van der Waals surface area contributed by atoms with E-state index in [4.69, 9.17) is 4.74 Å². The van der Waals surface area contributed by atoms with Crippen LogP contribution >= 0.6 is 0 Å². The SMILES string of the molecule is CCCCN(CC1CCCN1)C1CCOC2(CCCC2)C1. The lowest BCUT2D eigenvalue weighted by atomic mass is 9.87. The molecule has 2 unspecified atom stereocenters. The zero-order valence-electron chi connectivity index (χ0n) is 13.9. The number of unbranched alkanes of at least 4 members (excludes halogenated alkanes) is 1. The minimum Gasteiger partial charge on any atom is -0.375 e. The van der Waals surface area contributed by atoms with Crippen LogP contribution in [0, 0.1) is 0 Å². The Kier molecular flexibility index (Phi) is 5.58. The summed E-state index contributed by atoms with van der Waals surface area (Å²) < 4.78 is 6.24. The van der Waals surface area contributed by atoms with Crippen molar-refractivity contribution < 1.29 is 4.74 Å². The minimum absolute atomic E-state index is 0.260. The second-order valence-electron chi connectivity index (χ2n) is 7.53. The molecule has 3 rings (SSSR count). The van der Waals surface area contributed by atoms with Crippen molar-refractivity contribution in [1.82, 2.24) is 10.2 Å². The molecular formula is C18H34N2O. The molecule has 21 heavy (non-hydrogen) atoms. The third-order valence-corrected chi connectivity index (χ3v) is 5.91. The molecule has 0 aromatic rings. The summed E-state index contributed by atoms with van der Waals surface area (Å²) in [5.74, 6) is 0. The van der Waals surface area contributed by atoms with Crippen molar-refractivity contribution in [2.75, 3.05) is 26.2 Å². The zero-order valence-corrected chi connectivity index (χ0v) is 13.9. The molecule has 3 heteroatoms. The average molecular weight is 294 g/mol. The molecule has 122 valence electrons. The molecule has 0 bridgehead atoms. The van der Waals surface area contributed by atoms with E-state index in [9.17, 15) is 0 Å². The van der Waals surface area contributed by atoms with Crippen LogP contribution < -0.4 is 5.32 Å². The Morgan fingerprint density at radius 3 is 2.76 bits per heavy atom. The molecule has 0 radical (unpaired) electrons. The number of rotatable bonds is 6. The van der Waals surface area contributed by atoms with Gasteiger partial charge in [0.05, 0.1) is 5.60 Å². The molecule has 2 heterocycles. The summed E-state index contributed by atoms with van der Waals surface area (Å²) in [7, 11) is 0. The smallest absolute Gasteiger partial charge is 0.0697 e. The summed E-state index contributed by atoms with van der Waals surface area (Å²) in [5, 5.41) is 3.69. The molecule has 0 aromatic carbocycles. The highest BCUT2D eigenvalue weighted by atomic mass is 16.5. The van der Waals surface area contributed by atoms with Crippen LogP contribution in [-0.2, 0) is 4.74 Å². The van der Waals surface area contributed by atoms with E-state index in [0.717, 1.165) is 18.7 Å². The fourth-order valence-electron chi connectivity index (χ4n) is 4.66. The van der Waals surface area contributed by atoms with Crippen molar-refractivity contribution in [3.05, 3.63) is 0 Å². The van der Waals surface area contributed by atoms with Gasteiger partial charge < -0.3 is 10.1 Å².